The molecule has 5 heteroatoms. The van der Waals surface area contributed by atoms with Crippen molar-refractivity contribution in [1.29, 1.82) is 0 Å². The Kier molecular flexibility index (Phi) is 10.2. The summed E-state index contributed by atoms with van der Waals surface area (Å²) in [6.45, 7) is 20.8. The predicted molar refractivity (Wildman–Crippen MR) is 166 cm³/mol. The summed E-state index contributed by atoms with van der Waals surface area (Å²) in [5, 5.41) is 9.76. The lowest BCUT2D eigenvalue weighted by atomic mass is 9.88. The van der Waals surface area contributed by atoms with Crippen LogP contribution in [-0.2, 0) is 0 Å². The van der Waals surface area contributed by atoms with Crippen LogP contribution in [-0.4, -0.2) is 11.8 Å². The van der Waals surface area contributed by atoms with Gasteiger partial charge in [-0.3, -0.25) is 9.59 Å². The van der Waals surface area contributed by atoms with E-state index < -0.39 is 0 Å². The summed E-state index contributed by atoms with van der Waals surface area (Å²) in [7, 11) is 0. The molecule has 0 fully saturated rings. The van der Waals surface area contributed by atoms with Gasteiger partial charge in [0.25, 0.3) is 11.8 Å². The van der Waals surface area contributed by atoms with Crippen molar-refractivity contribution < 1.29 is 9.59 Å². The van der Waals surface area contributed by atoms with Crippen LogP contribution in [0.3, 0.4) is 0 Å². The maximum absolute atomic E-state index is 13.6. The monoisotopic (exact) mass is 541 g/mol. The molecule has 1 heterocycles. The summed E-state index contributed by atoms with van der Waals surface area (Å²) in [4.78, 5) is 27.2. The Hall–Kier alpha value is -3.60. The Bertz CT molecular complexity index is 1300. The van der Waals surface area contributed by atoms with Crippen LogP contribution < -0.4 is 16.0 Å². The molecule has 0 saturated carbocycles. The summed E-state index contributed by atoms with van der Waals surface area (Å²) < 4.78 is 0. The lowest BCUT2D eigenvalue weighted by molar-refractivity contribution is 0.0955. The van der Waals surface area contributed by atoms with Gasteiger partial charge in [-0.15, -0.1) is 0 Å². The van der Waals surface area contributed by atoms with Crippen molar-refractivity contribution >= 4 is 11.8 Å². The van der Waals surface area contributed by atoms with Crippen LogP contribution in [0.1, 0.15) is 142 Å². The van der Waals surface area contributed by atoms with E-state index in [1.807, 2.05) is 56.3 Å². The van der Waals surface area contributed by atoms with Gasteiger partial charge < -0.3 is 16.0 Å². The minimum absolute atomic E-state index is 0.0867. The zero-order valence-corrected chi connectivity index (χ0v) is 26.0. The SMILES string of the molecule is CC(NC(=O)c1c(C(C)C)cccc1C(C)C)=C1C=CCC(=C(C)NC(=O)c2c(C(C)C)cccc2C(C)C)N1. The number of carbonyl (C=O) groups is 2. The molecule has 2 aromatic carbocycles. The highest BCUT2D eigenvalue weighted by Crippen LogP contribution is 2.29. The molecule has 0 aromatic heterocycles. The minimum atomic E-state index is -0.0964. The maximum Gasteiger partial charge on any atom is 0.256 e. The molecular weight excluding hydrogens is 494 g/mol. The van der Waals surface area contributed by atoms with Gasteiger partial charge in [-0.1, -0.05) is 97.9 Å². The summed E-state index contributed by atoms with van der Waals surface area (Å²) in [6.07, 6.45) is 4.69. The largest absolute Gasteiger partial charge is 0.356 e. The second kappa shape index (κ2) is 13.2. The number of hydrogen-bond donors (Lipinski definition) is 3. The van der Waals surface area contributed by atoms with E-state index in [9.17, 15) is 9.59 Å². The second-order valence-electron chi connectivity index (χ2n) is 12.0. The van der Waals surface area contributed by atoms with Crippen molar-refractivity contribution in [1.82, 2.24) is 16.0 Å². The van der Waals surface area contributed by atoms with Crippen LogP contribution >= 0.6 is 0 Å². The Morgan fingerprint density at radius 1 is 0.650 bits per heavy atom. The number of allylic oxidation sites excluding steroid dienone is 4. The fraction of sp³-hybridized carbons (Fsp3) is 0.429. The van der Waals surface area contributed by atoms with E-state index in [-0.39, 0.29) is 35.5 Å². The van der Waals surface area contributed by atoms with Gasteiger partial charge in [-0.05, 0) is 65.8 Å². The van der Waals surface area contributed by atoms with Crippen LogP contribution in [0, 0.1) is 0 Å². The normalized spacial score (nSPS) is 15.9. The number of benzene rings is 2. The van der Waals surface area contributed by atoms with E-state index in [0.29, 0.717) is 6.42 Å². The molecule has 3 N–H and O–H groups in total. The van der Waals surface area contributed by atoms with Gasteiger partial charge in [0.05, 0.1) is 5.70 Å². The highest BCUT2D eigenvalue weighted by Gasteiger charge is 2.23. The zero-order chi connectivity index (χ0) is 29.7. The molecule has 0 aliphatic carbocycles. The topological polar surface area (TPSA) is 70.2 Å². The standard InChI is InChI=1S/C35H47N3O2/c1-20(2)26-14-11-15-27(21(3)4)32(26)34(39)36-24(9)30-18-13-19-31(38-30)25(10)37-35(40)33-28(22(5)6)16-12-17-29(33)23(7)8/h11-18,20-23,38H,19H2,1-10H3,(H,36,39)(H,37,40). The van der Waals surface area contributed by atoms with Crippen LogP contribution in [0.2, 0.25) is 0 Å². The molecule has 1 aliphatic rings. The third-order valence-electron chi connectivity index (χ3n) is 7.55. The van der Waals surface area contributed by atoms with E-state index in [1.165, 1.54) is 0 Å². The van der Waals surface area contributed by atoms with Gasteiger partial charge >= 0.3 is 0 Å². The van der Waals surface area contributed by atoms with Crippen LogP contribution in [0.5, 0.6) is 0 Å². The van der Waals surface area contributed by atoms with E-state index in [0.717, 1.165) is 56.2 Å². The van der Waals surface area contributed by atoms with Gasteiger partial charge in [0.15, 0.2) is 0 Å². The molecule has 3 rings (SSSR count). The van der Waals surface area contributed by atoms with E-state index in [1.54, 1.807) is 0 Å². The van der Waals surface area contributed by atoms with Gasteiger partial charge in [-0.25, -0.2) is 0 Å². The van der Waals surface area contributed by atoms with Gasteiger partial charge in [0.2, 0.25) is 0 Å². The molecule has 0 atom stereocenters. The number of nitrogens with one attached hydrogen (secondary N) is 3. The number of amides is 2. The van der Waals surface area contributed by atoms with E-state index in [4.69, 9.17) is 0 Å². The third-order valence-corrected chi connectivity index (χ3v) is 7.55. The molecule has 0 unspecified atom stereocenters. The van der Waals surface area contributed by atoms with Crippen molar-refractivity contribution in [2.75, 3.05) is 0 Å². The van der Waals surface area contributed by atoms with Crippen LogP contribution in [0.25, 0.3) is 0 Å². The second-order valence-corrected chi connectivity index (χ2v) is 12.0. The minimum Gasteiger partial charge on any atom is -0.356 e. The lowest BCUT2D eigenvalue weighted by Crippen LogP contribution is -2.31. The first-order valence-corrected chi connectivity index (χ1v) is 14.6. The first-order valence-electron chi connectivity index (χ1n) is 14.6. The molecule has 40 heavy (non-hydrogen) atoms. The number of rotatable bonds is 8. The van der Waals surface area contributed by atoms with Crippen molar-refractivity contribution in [3.63, 3.8) is 0 Å². The predicted octanol–water partition coefficient (Wildman–Crippen LogP) is 8.35. The van der Waals surface area contributed by atoms with Crippen LogP contribution in [0.4, 0.5) is 0 Å². The molecular formula is C35H47N3O2. The zero-order valence-electron chi connectivity index (χ0n) is 26.0. The first-order chi connectivity index (χ1) is 18.8. The van der Waals surface area contributed by atoms with E-state index in [2.05, 4.69) is 77.4 Å². The van der Waals surface area contributed by atoms with E-state index >= 15 is 0 Å². The average molecular weight is 542 g/mol. The molecule has 5 nitrogen and oxygen atoms in total. The maximum atomic E-state index is 13.6. The first kappa shape index (κ1) is 30.9. The highest BCUT2D eigenvalue weighted by atomic mass is 16.2. The summed E-state index contributed by atoms with van der Waals surface area (Å²) in [5.41, 5.74) is 8.95. The molecule has 0 bridgehead atoms. The number of carbonyl (C=O) groups excluding carboxylic acids is 2. The Labute approximate surface area is 241 Å². The Morgan fingerprint density at radius 2 is 1.02 bits per heavy atom. The van der Waals surface area contributed by atoms with Crippen molar-refractivity contribution in [2.24, 2.45) is 0 Å². The van der Waals surface area contributed by atoms with Gasteiger partial charge in [0, 0.05) is 34.6 Å². The van der Waals surface area contributed by atoms with Crippen LogP contribution in [0.15, 0.2) is 71.3 Å². The van der Waals surface area contributed by atoms with Gasteiger partial charge in [0.1, 0.15) is 0 Å². The summed E-state index contributed by atoms with van der Waals surface area (Å²) >= 11 is 0. The summed E-state index contributed by atoms with van der Waals surface area (Å²) in [5.74, 6) is 0.759. The fourth-order valence-corrected chi connectivity index (χ4v) is 5.25. The fourth-order valence-electron chi connectivity index (χ4n) is 5.25. The molecule has 2 amide bonds. The molecule has 0 spiro atoms. The average Bonchev–Trinajstić information content (AvgIpc) is 2.91. The van der Waals surface area contributed by atoms with Crippen molar-refractivity contribution in [3.8, 4) is 0 Å². The number of hydrogen-bond acceptors (Lipinski definition) is 3. The Morgan fingerprint density at radius 3 is 1.40 bits per heavy atom. The summed E-state index contributed by atoms with van der Waals surface area (Å²) in [6, 6.07) is 12.3. The lowest BCUT2D eigenvalue weighted by Gasteiger charge is -2.23. The quantitative estimate of drug-likeness (QED) is 0.314. The highest BCUT2D eigenvalue weighted by molar-refractivity contribution is 5.99. The van der Waals surface area contributed by atoms with Crippen molar-refractivity contribution in [2.45, 2.75) is 99.3 Å². The molecule has 0 radical (unpaired) electrons. The van der Waals surface area contributed by atoms with Gasteiger partial charge in [-0.2, -0.15) is 0 Å². The third kappa shape index (κ3) is 6.93. The smallest absolute Gasteiger partial charge is 0.256 e. The van der Waals surface area contributed by atoms with Crippen molar-refractivity contribution in [3.05, 3.63) is 105 Å². The molecule has 2 aromatic rings. The molecule has 0 saturated heterocycles. The molecule has 1 aliphatic heterocycles. The Balaban J connectivity index is 1.88. The molecule has 214 valence electrons.